The van der Waals surface area contributed by atoms with Gasteiger partial charge in [-0.1, -0.05) is 20.8 Å². The molecule has 4 heteroatoms. The van der Waals surface area contributed by atoms with Crippen LogP contribution in [0, 0.1) is 12.3 Å². The third kappa shape index (κ3) is 2.87. The highest BCUT2D eigenvalue weighted by atomic mass is 32.1. The van der Waals surface area contributed by atoms with Gasteiger partial charge in [-0.2, -0.15) is 0 Å². The highest BCUT2D eigenvalue weighted by molar-refractivity contribution is 7.13. The van der Waals surface area contributed by atoms with Gasteiger partial charge in [-0.05, 0) is 48.7 Å². The lowest BCUT2D eigenvalue weighted by Crippen LogP contribution is -2.34. The number of rotatable bonds is 3. The van der Waals surface area contributed by atoms with Gasteiger partial charge < -0.3 is 5.32 Å². The van der Waals surface area contributed by atoms with Crippen molar-refractivity contribution in [3.05, 3.63) is 34.5 Å². The molecular formula is C17H23N3S. The smallest absolute Gasteiger partial charge is 0.169 e. The van der Waals surface area contributed by atoms with E-state index in [0.29, 0.717) is 6.04 Å². The zero-order chi connectivity index (χ0) is 15.0. The van der Waals surface area contributed by atoms with Crippen LogP contribution in [0.4, 0.5) is 0 Å². The average Bonchev–Trinajstić information content (AvgIpc) is 2.83. The molecule has 0 amide bonds. The summed E-state index contributed by atoms with van der Waals surface area (Å²) >= 11 is 1.72. The largest absolute Gasteiger partial charge is 0.310 e. The molecule has 3 nitrogen and oxygen atoms in total. The molecule has 0 aromatic carbocycles. The predicted octanol–water partition coefficient (Wildman–Crippen LogP) is 4.14. The van der Waals surface area contributed by atoms with Crippen molar-refractivity contribution in [3.8, 4) is 10.7 Å². The fraction of sp³-hybridized carbons (Fsp3) is 0.529. The molecule has 0 radical (unpaired) electrons. The number of fused-ring (bicyclic) bond motifs is 1. The topological polar surface area (TPSA) is 37.8 Å². The summed E-state index contributed by atoms with van der Waals surface area (Å²) in [5.41, 5.74) is 4.05. The molecule has 2 aromatic rings. The average molecular weight is 301 g/mol. The van der Waals surface area contributed by atoms with E-state index >= 15 is 0 Å². The van der Waals surface area contributed by atoms with E-state index < -0.39 is 0 Å². The zero-order valence-corrected chi connectivity index (χ0v) is 14.0. The molecule has 2 aromatic heterocycles. The first kappa shape index (κ1) is 14.7. The molecule has 0 saturated heterocycles. The molecule has 1 aliphatic carbocycles. The molecule has 0 spiro atoms. The summed E-state index contributed by atoms with van der Waals surface area (Å²) < 4.78 is 0. The minimum atomic E-state index is 0.288. The van der Waals surface area contributed by atoms with Crippen molar-refractivity contribution < 1.29 is 0 Å². The van der Waals surface area contributed by atoms with Gasteiger partial charge in [-0.3, -0.25) is 0 Å². The van der Waals surface area contributed by atoms with Crippen molar-refractivity contribution in [2.45, 2.75) is 46.6 Å². The summed E-state index contributed by atoms with van der Waals surface area (Å²) in [6, 6.07) is 2.51. The fourth-order valence-corrected chi connectivity index (χ4v) is 4.05. The van der Waals surface area contributed by atoms with Crippen LogP contribution in [0.5, 0.6) is 0 Å². The normalized spacial score (nSPS) is 20.3. The van der Waals surface area contributed by atoms with Crippen molar-refractivity contribution in [1.29, 1.82) is 0 Å². The SMILES string of the molecule is CCNC1CC(C)(C)Cc2nc(-c3sccc3C)ncc21. The number of nitrogens with zero attached hydrogens (tertiary/aromatic N) is 2. The first-order valence-corrected chi connectivity index (χ1v) is 8.52. The molecule has 21 heavy (non-hydrogen) atoms. The van der Waals surface area contributed by atoms with Crippen LogP contribution in [0.3, 0.4) is 0 Å². The van der Waals surface area contributed by atoms with Crippen LogP contribution in [0.1, 0.15) is 50.1 Å². The minimum absolute atomic E-state index is 0.288. The van der Waals surface area contributed by atoms with Gasteiger partial charge in [-0.15, -0.1) is 11.3 Å². The van der Waals surface area contributed by atoms with E-state index in [1.54, 1.807) is 11.3 Å². The van der Waals surface area contributed by atoms with Crippen molar-refractivity contribution in [2.75, 3.05) is 6.54 Å². The van der Waals surface area contributed by atoms with Gasteiger partial charge in [0.25, 0.3) is 0 Å². The summed E-state index contributed by atoms with van der Waals surface area (Å²) in [5.74, 6) is 0.884. The van der Waals surface area contributed by atoms with Gasteiger partial charge in [0.05, 0.1) is 4.88 Å². The Balaban J connectivity index is 2.03. The molecule has 2 heterocycles. The molecule has 0 aliphatic heterocycles. The van der Waals surface area contributed by atoms with Crippen LogP contribution in [0.2, 0.25) is 0 Å². The minimum Gasteiger partial charge on any atom is -0.310 e. The Morgan fingerprint density at radius 2 is 2.24 bits per heavy atom. The van der Waals surface area contributed by atoms with Crippen LogP contribution in [-0.4, -0.2) is 16.5 Å². The van der Waals surface area contributed by atoms with E-state index in [9.17, 15) is 0 Å². The second kappa shape index (κ2) is 5.50. The number of hydrogen-bond acceptors (Lipinski definition) is 4. The Morgan fingerprint density at radius 1 is 1.43 bits per heavy atom. The quantitative estimate of drug-likeness (QED) is 0.926. The Kier molecular flexibility index (Phi) is 3.84. The first-order valence-electron chi connectivity index (χ1n) is 7.64. The van der Waals surface area contributed by atoms with Gasteiger partial charge >= 0.3 is 0 Å². The zero-order valence-electron chi connectivity index (χ0n) is 13.2. The molecule has 112 valence electrons. The van der Waals surface area contributed by atoms with E-state index in [0.717, 1.165) is 25.2 Å². The van der Waals surface area contributed by atoms with Crippen LogP contribution in [0.25, 0.3) is 10.7 Å². The van der Waals surface area contributed by atoms with E-state index in [2.05, 4.69) is 49.4 Å². The van der Waals surface area contributed by atoms with Crippen LogP contribution >= 0.6 is 11.3 Å². The fourth-order valence-electron chi connectivity index (χ4n) is 3.19. The van der Waals surface area contributed by atoms with Crippen molar-refractivity contribution in [1.82, 2.24) is 15.3 Å². The molecule has 1 aliphatic rings. The van der Waals surface area contributed by atoms with E-state index in [1.807, 2.05) is 6.20 Å². The molecule has 3 rings (SSSR count). The van der Waals surface area contributed by atoms with Gasteiger partial charge in [-0.25, -0.2) is 9.97 Å². The summed E-state index contributed by atoms with van der Waals surface area (Å²) in [4.78, 5) is 10.7. The summed E-state index contributed by atoms with van der Waals surface area (Å²) in [6.07, 6.45) is 4.22. The lowest BCUT2D eigenvalue weighted by Gasteiger charge is -2.36. The first-order chi connectivity index (χ1) is 10.00. The second-order valence-electron chi connectivity index (χ2n) is 6.68. The maximum Gasteiger partial charge on any atom is 0.169 e. The lowest BCUT2D eigenvalue weighted by atomic mass is 9.74. The maximum absolute atomic E-state index is 4.90. The van der Waals surface area contributed by atoms with Crippen LogP contribution < -0.4 is 5.32 Å². The number of hydrogen-bond donors (Lipinski definition) is 1. The number of aromatic nitrogens is 2. The second-order valence-corrected chi connectivity index (χ2v) is 7.60. The standard InChI is InChI=1S/C17H23N3S/c1-5-18-13-8-17(3,4)9-14-12(13)10-19-16(20-14)15-11(2)6-7-21-15/h6-7,10,13,18H,5,8-9H2,1-4H3. The van der Waals surface area contributed by atoms with Crippen LogP contribution in [-0.2, 0) is 6.42 Å². The van der Waals surface area contributed by atoms with Crippen molar-refractivity contribution >= 4 is 11.3 Å². The Bertz CT molecular complexity index is 645. The Morgan fingerprint density at radius 3 is 2.90 bits per heavy atom. The van der Waals surface area contributed by atoms with Crippen LogP contribution in [0.15, 0.2) is 17.6 Å². The molecule has 1 unspecified atom stereocenters. The van der Waals surface area contributed by atoms with E-state index in [-0.39, 0.29) is 5.41 Å². The number of thiophene rings is 1. The van der Waals surface area contributed by atoms with Gasteiger partial charge in [0.1, 0.15) is 0 Å². The van der Waals surface area contributed by atoms with Gasteiger partial charge in [0, 0.05) is 23.5 Å². The Labute approximate surface area is 130 Å². The third-order valence-electron chi connectivity index (χ3n) is 4.19. The molecular weight excluding hydrogens is 278 g/mol. The van der Waals surface area contributed by atoms with E-state index in [1.165, 1.54) is 21.7 Å². The van der Waals surface area contributed by atoms with Gasteiger partial charge in [0.15, 0.2) is 5.82 Å². The van der Waals surface area contributed by atoms with Crippen molar-refractivity contribution in [3.63, 3.8) is 0 Å². The Hall–Kier alpha value is -1.26. The predicted molar refractivity (Wildman–Crippen MR) is 88.6 cm³/mol. The molecule has 1 N–H and O–H groups in total. The van der Waals surface area contributed by atoms with E-state index in [4.69, 9.17) is 4.98 Å². The highest BCUT2D eigenvalue weighted by Gasteiger charge is 2.33. The number of aryl methyl sites for hydroxylation is 1. The summed E-state index contributed by atoms with van der Waals surface area (Å²) in [7, 11) is 0. The molecule has 0 bridgehead atoms. The van der Waals surface area contributed by atoms with Gasteiger partial charge in [0.2, 0.25) is 0 Å². The van der Waals surface area contributed by atoms with Crippen molar-refractivity contribution in [2.24, 2.45) is 5.41 Å². The molecule has 1 atom stereocenters. The highest BCUT2D eigenvalue weighted by Crippen LogP contribution is 2.40. The maximum atomic E-state index is 4.90. The summed E-state index contributed by atoms with van der Waals surface area (Å²) in [5, 5.41) is 5.69. The monoisotopic (exact) mass is 301 g/mol. The third-order valence-corrected chi connectivity index (χ3v) is 5.21. The molecule has 0 saturated carbocycles. The summed E-state index contributed by atoms with van der Waals surface area (Å²) in [6.45, 7) is 9.93. The molecule has 0 fully saturated rings. The lowest BCUT2D eigenvalue weighted by molar-refractivity contribution is 0.255. The number of nitrogens with one attached hydrogen (secondary N) is 1.